The van der Waals surface area contributed by atoms with E-state index in [1.165, 1.54) is 25.7 Å². The Morgan fingerprint density at radius 2 is 2.46 bits per heavy atom. The van der Waals surface area contributed by atoms with Crippen molar-refractivity contribution < 1.29 is 0 Å². The number of aryl methyl sites for hydroxylation is 2. The molecule has 0 amide bonds. The summed E-state index contributed by atoms with van der Waals surface area (Å²) in [7, 11) is 0. The third-order valence-electron chi connectivity index (χ3n) is 3.02. The van der Waals surface area contributed by atoms with Crippen LogP contribution in [0.2, 0.25) is 0 Å². The minimum atomic E-state index is 0.657. The van der Waals surface area contributed by atoms with Gasteiger partial charge in [-0.25, -0.2) is 0 Å². The fourth-order valence-electron chi connectivity index (χ4n) is 2.29. The maximum Gasteiger partial charge on any atom is 0.00833 e. The van der Waals surface area contributed by atoms with Crippen LogP contribution in [0.3, 0.4) is 0 Å². The van der Waals surface area contributed by atoms with Gasteiger partial charge in [-0.05, 0) is 54.7 Å². The van der Waals surface area contributed by atoms with Crippen molar-refractivity contribution in [2.75, 3.05) is 6.54 Å². The van der Waals surface area contributed by atoms with E-state index in [1.807, 2.05) is 11.3 Å². The molecule has 0 bridgehead atoms. The van der Waals surface area contributed by atoms with Gasteiger partial charge in [-0.1, -0.05) is 6.92 Å². The summed E-state index contributed by atoms with van der Waals surface area (Å²) >= 11 is 1.94. The molecule has 0 fully saturated rings. The lowest BCUT2D eigenvalue weighted by molar-refractivity contribution is 0.563. The lowest BCUT2D eigenvalue weighted by atomic mass is 9.85. The Morgan fingerprint density at radius 3 is 3.15 bits per heavy atom. The Morgan fingerprint density at radius 1 is 1.62 bits per heavy atom. The van der Waals surface area contributed by atoms with Crippen LogP contribution < -0.4 is 5.73 Å². The van der Waals surface area contributed by atoms with Crippen LogP contribution in [0.15, 0.2) is 5.38 Å². The molecule has 0 aromatic carbocycles. The van der Waals surface area contributed by atoms with Crippen molar-refractivity contribution in [1.82, 2.24) is 0 Å². The molecule has 1 atom stereocenters. The number of hydrogen-bond donors (Lipinski definition) is 1. The maximum atomic E-state index is 5.81. The highest BCUT2D eigenvalue weighted by Crippen LogP contribution is 2.37. The zero-order valence-corrected chi connectivity index (χ0v) is 8.99. The van der Waals surface area contributed by atoms with E-state index in [4.69, 9.17) is 5.73 Å². The van der Waals surface area contributed by atoms with E-state index in [0.717, 1.165) is 6.54 Å². The highest BCUT2D eigenvalue weighted by molar-refractivity contribution is 7.10. The molecule has 13 heavy (non-hydrogen) atoms. The Hall–Kier alpha value is -0.340. The molecule has 1 nitrogen and oxygen atoms in total. The van der Waals surface area contributed by atoms with Crippen molar-refractivity contribution in [1.29, 1.82) is 0 Å². The van der Waals surface area contributed by atoms with Crippen molar-refractivity contribution in [2.45, 2.75) is 38.5 Å². The largest absolute Gasteiger partial charge is 0.330 e. The van der Waals surface area contributed by atoms with Crippen LogP contribution in [0.5, 0.6) is 0 Å². The summed E-state index contributed by atoms with van der Waals surface area (Å²) in [6.07, 6.45) is 5.09. The number of nitrogens with two attached hydrogens (primary N) is 1. The van der Waals surface area contributed by atoms with E-state index in [0.29, 0.717) is 5.92 Å². The van der Waals surface area contributed by atoms with Crippen molar-refractivity contribution in [3.05, 3.63) is 21.4 Å². The van der Waals surface area contributed by atoms with Crippen LogP contribution in [0.1, 0.15) is 41.7 Å². The van der Waals surface area contributed by atoms with Gasteiger partial charge in [0.05, 0.1) is 0 Å². The van der Waals surface area contributed by atoms with Gasteiger partial charge in [-0.15, -0.1) is 11.3 Å². The van der Waals surface area contributed by atoms with Crippen LogP contribution in [0.25, 0.3) is 0 Å². The number of rotatable bonds is 2. The van der Waals surface area contributed by atoms with Gasteiger partial charge in [0, 0.05) is 4.88 Å². The average molecular weight is 195 g/mol. The van der Waals surface area contributed by atoms with Gasteiger partial charge in [0.2, 0.25) is 0 Å². The summed E-state index contributed by atoms with van der Waals surface area (Å²) in [5.74, 6) is 0.657. The Balaban J connectivity index is 2.39. The Bertz CT molecular complexity index is 277. The summed E-state index contributed by atoms with van der Waals surface area (Å²) < 4.78 is 0. The molecule has 1 aromatic rings. The van der Waals surface area contributed by atoms with E-state index in [9.17, 15) is 0 Å². The van der Waals surface area contributed by atoms with Crippen LogP contribution >= 0.6 is 11.3 Å². The smallest absolute Gasteiger partial charge is 0.00833 e. The fourth-order valence-corrected chi connectivity index (χ4v) is 3.56. The van der Waals surface area contributed by atoms with Crippen LogP contribution in [-0.2, 0) is 12.8 Å². The van der Waals surface area contributed by atoms with E-state index in [-0.39, 0.29) is 0 Å². The number of hydrogen-bond acceptors (Lipinski definition) is 2. The van der Waals surface area contributed by atoms with Gasteiger partial charge in [0.25, 0.3) is 0 Å². The highest BCUT2D eigenvalue weighted by Gasteiger charge is 2.22. The second-order valence-electron chi connectivity index (χ2n) is 3.78. The van der Waals surface area contributed by atoms with Gasteiger partial charge in [-0.3, -0.25) is 0 Å². The molecule has 1 aromatic heterocycles. The summed E-state index contributed by atoms with van der Waals surface area (Å²) in [6, 6.07) is 0. The van der Waals surface area contributed by atoms with E-state index < -0.39 is 0 Å². The third-order valence-corrected chi connectivity index (χ3v) is 4.13. The van der Waals surface area contributed by atoms with Crippen LogP contribution in [0.4, 0.5) is 0 Å². The molecule has 72 valence electrons. The zero-order chi connectivity index (χ0) is 9.26. The molecule has 0 aliphatic heterocycles. The molecular weight excluding hydrogens is 178 g/mol. The molecule has 2 rings (SSSR count). The van der Waals surface area contributed by atoms with Gasteiger partial charge in [0.15, 0.2) is 0 Å². The van der Waals surface area contributed by atoms with Gasteiger partial charge in [0.1, 0.15) is 0 Å². The molecule has 0 saturated carbocycles. The van der Waals surface area contributed by atoms with Gasteiger partial charge in [-0.2, -0.15) is 0 Å². The van der Waals surface area contributed by atoms with Crippen LogP contribution in [-0.4, -0.2) is 6.54 Å². The van der Waals surface area contributed by atoms with Crippen molar-refractivity contribution >= 4 is 11.3 Å². The van der Waals surface area contributed by atoms with Crippen molar-refractivity contribution in [3.8, 4) is 0 Å². The van der Waals surface area contributed by atoms with Crippen molar-refractivity contribution in [3.63, 3.8) is 0 Å². The first-order valence-corrected chi connectivity index (χ1v) is 6.04. The number of fused-ring (bicyclic) bond motifs is 1. The molecule has 1 aliphatic rings. The van der Waals surface area contributed by atoms with Crippen molar-refractivity contribution in [2.24, 2.45) is 5.73 Å². The first-order valence-electron chi connectivity index (χ1n) is 5.16. The van der Waals surface area contributed by atoms with Crippen LogP contribution in [0, 0.1) is 0 Å². The third kappa shape index (κ3) is 1.53. The minimum Gasteiger partial charge on any atom is -0.330 e. The molecule has 2 N–H and O–H groups in total. The highest BCUT2D eigenvalue weighted by atomic mass is 32.1. The molecule has 0 saturated heterocycles. The van der Waals surface area contributed by atoms with Gasteiger partial charge >= 0.3 is 0 Å². The van der Waals surface area contributed by atoms with E-state index >= 15 is 0 Å². The Kier molecular flexibility index (Phi) is 2.70. The number of thiophene rings is 1. The molecule has 1 heterocycles. The lowest BCUT2D eigenvalue weighted by Gasteiger charge is -2.22. The summed E-state index contributed by atoms with van der Waals surface area (Å²) in [5, 5.41) is 2.33. The molecule has 0 radical (unpaired) electrons. The quantitative estimate of drug-likeness (QED) is 0.771. The summed E-state index contributed by atoms with van der Waals surface area (Å²) in [6.45, 7) is 3.07. The van der Waals surface area contributed by atoms with Gasteiger partial charge < -0.3 is 5.73 Å². The molecular formula is C11H17NS. The first-order chi connectivity index (χ1) is 6.36. The summed E-state index contributed by atoms with van der Waals surface area (Å²) in [4.78, 5) is 1.61. The fraction of sp³-hybridized carbons (Fsp3) is 0.636. The Labute approximate surface area is 84.0 Å². The molecule has 0 spiro atoms. The minimum absolute atomic E-state index is 0.657. The lowest BCUT2D eigenvalue weighted by Crippen LogP contribution is -2.17. The van der Waals surface area contributed by atoms with E-state index in [1.54, 1.807) is 16.0 Å². The monoisotopic (exact) mass is 195 g/mol. The first kappa shape index (κ1) is 9.22. The zero-order valence-electron chi connectivity index (χ0n) is 8.18. The molecule has 1 aliphatic carbocycles. The molecule has 2 heteroatoms. The predicted octanol–water partition coefficient (Wildman–Crippen LogP) is 2.69. The average Bonchev–Trinajstić information content (AvgIpc) is 2.60. The normalized spacial score (nSPS) is 21.5. The maximum absolute atomic E-state index is 5.81. The van der Waals surface area contributed by atoms with E-state index in [2.05, 4.69) is 12.3 Å². The second kappa shape index (κ2) is 3.81. The molecule has 0 unspecified atom stereocenters. The second-order valence-corrected chi connectivity index (χ2v) is 4.74. The predicted molar refractivity (Wildman–Crippen MR) is 58.4 cm³/mol. The SMILES string of the molecule is CCc1csc2c1[C@@H](CN)CCC2. The topological polar surface area (TPSA) is 26.0 Å². The summed E-state index contributed by atoms with van der Waals surface area (Å²) in [5.41, 5.74) is 8.97. The standard InChI is InChI=1S/C11H17NS/c1-2-8-7-13-10-5-3-4-9(6-12)11(8)10/h7,9H,2-6,12H2,1H3/t9-/m1/s1.